The number of esters is 1. The molecule has 0 aliphatic carbocycles. The number of hydrogen-bond acceptors (Lipinski definition) is 12. The topological polar surface area (TPSA) is 182 Å². The van der Waals surface area contributed by atoms with Crippen molar-refractivity contribution in [2.75, 3.05) is 33.3 Å². The van der Waals surface area contributed by atoms with E-state index >= 15 is 0 Å². The van der Waals surface area contributed by atoms with Gasteiger partial charge in [-0.2, -0.15) is 0 Å². The van der Waals surface area contributed by atoms with Gasteiger partial charge in [-0.25, -0.2) is 15.0 Å². The molecule has 1 amide bonds. The van der Waals surface area contributed by atoms with Crippen LogP contribution < -0.4 is 14.8 Å². The second-order valence-corrected chi connectivity index (χ2v) is 13.3. The summed E-state index contributed by atoms with van der Waals surface area (Å²) in [7, 11) is 4.66. The number of fused-ring (bicyclic) bond motifs is 1. The smallest absolute Gasteiger partial charge is 0.306 e. The number of carbonyl (C=O) groups excluding carboxylic acids is 2. The Labute approximate surface area is 333 Å². The van der Waals surface area contributed by atoms with Gasteiger partial charge in [-0.1, -0.05) is 72.8 Å². The van der Waals surface area contributed by atoms with Gasteiger partial charge in [0.25, 0.3) is 5.91 Å². The zero-order chi connectivity index (χ0) is 40.6. The van der Waals surface area contributed by atoms with Gasteiger partial charge in [0.2, 0.25) is 0 Å². The van der Waals surface area contributed by atoms with Crippen molar-refractivity contribution in [3.05, 3.63) is 144 Å². The van der Waals surface area contributed by atoms with E-state index in [-0.39, 0.29) is 30.0 Å². The van der Waals surface area contributed by atoms with Crippen molar-refractivity contribution in [3.8, 4) is 11.5 Å². The number of nitrogens with zero attached hydrogens (tertiary/aromatic N) is 4. The molecule has 2 N–H and O–H groups in total. The highest BCUT2D eigenvalue weighted by Crippen LogP contribution is 2.44. The van der Waals surface area contributed by atoms with Crippen LogP contribution in [0, 0.1) is 0 Å². The van der Waals surface area contributed by atoms with E-state index in [1.165, 1.54) is 19.8 Å². The summed E-state index contributed by atoms with van der Waals surface area (Å²) in [5.74, 6) is -0.843. The van der Waals surface area contributed by atoms with Gasteiger partial charge in [0.15, 0.2) is 29.3 Å². The third-order valence-electron chi connectivity index (χ3n) is 9.91. The van der Waals surface area contributed by atoms with E-state index in [9.17, 15) is 19.5 Å². The molecule has 0 radical (unpaired) electrons. The second-order valence-electron chi connectivity index (χ2n) is 13.3. The number of hydrogen-bond donors (Lipinski definition) is 2. The summed E-state index contributed by atoms with van der Waals surface area (Å²) in [6.07, 6.45) is -2.10. The predicted octanol–water partition coefficient (Wildman–Crippen LogP) is 5.79. The minimum Gasteiger partial charge on any atom is -0.497 e. The summed E-state index contributed by atoms with van der Waals surface area (Å²) in [4.78, 5) is 50.9. The third kappa shape index (κ3) is 8.09. The molecule has 0 saturated carbocycles. The Bertz CT molecular complexity index is 2290. The van der Waals surface area contributed by atoms with Crippen molar-refractivity contribution >= 4 is 34.8 Å². The lowest BCUT2D eigenvalue weighted by Gasteiger charge is -2.37. The first-order valence-corrected chi connectivity index (χ1v) is 18.4. The number of amides is 1. The summed E-state index contributed by atoms with van der Waals surface area (Å²) in [6.45, 7) is -0.0921. The standard InChI is InChI=1S/C43H41N5O10/c1-53-31-18-14-29(15-19-31)43(28-12-8-5-9-13-28,30-16-20-32(54-2)21-17-30)56-24-33-37(55-3)38(58-35(51)23-22-34(49)50)42(57-33)48-26-46-36-39(44-25-45-40(36)48)47-41(52)27-10-6-4-7-11-27/h4-21,25-26,33,37-38,42H,22-24H2,1-3H3,(H,49,50)(H,44,45,47,52)/t33-,37-,38-,42-/m1/s1. The molecule has 1 saturated heterocycles. The van der Waals surface area contributed by atoms with Crippen LogP contribution in [-0.4, -0.2) is 88.7 Å². The Morgan fingerprint density at radius 2 is 1.36 bits per heavy atom. The normalized spacial score (nSPS) is 17.8. The lowest BCUT2D eigenvalue weighted by atomic mass is 9.80. The summed E-state index contributed by atoms with van der Waals surface area (Å²) in [5, 5.41) is 12.1. The van der Waals surface area contributed by atoms with Crippen LogP contribution in [-0.2, 0) is 34.1 Å². The molecule has 1 aliphatic heterocycles. The van der Waals surface area contributed by atoms with Gasteiger partial charge in [0.05, 0.1) is 40.0 Å². The molecule has 7 rings (SSSR count). The van der Waals surface area contributed by atoms with Crippen LogP contribution in [0.3, 0.4) is 0 Å². The van der Waals surface area contributed by atoms with Crippen LogP contribution in [0.25, 0.3) is 11.2 Å². The molecule has 4 atom stereocenters. The van der Waals surface area contributed by atoms with Crippen LogP contribution in [0.15, 0.2) is 122 Å². The number of nitrogens with one attached hydrogen (secondary N) is 1. The van der Waals surface area contributed by atoms with E-state index in [1.807, 2.05) is 78.9 Å². The average Bonchev–Trinajstić information content (AvgIpc) is 3.85. The third-order valence-corrected chi connectivity index (χ3v) is 9.91. The van der Waals surface area contributed by atoms with Crippen molar-refractivity contribution < 1.29 is 47.9 Å². The van der Waals surface area contributed by atoms with Gasteiger partial charge in [0.1, 0.15) is 35.6 Å². The van der Waals surface area contributed by atoms with Gasteiger partial charge in [-0.15, -0.1) is 0 Å². The number of carbonyl (C=O) groups is 3. The quantitative estimate of drug-likeness (QED) is 0.0889. The van der Waals surface area contributed by atoms with Crippen molar-refractivity contribution in [1.29, 1.82) is 0 Å². The summed E-state index contributed by atoms with van der Waals surface area (Å²) >= 11 is 0. The predicted molar refractivity (Wildman–Crippen MR) is 209 cm³/mol. The number of aliphatic carboxylic acids is 1. The molecular formula is C43H41N5O10. The fraction of sp³-hybridized carbons (Fsp3) is 0.256. The minimum absolute atomic E-state index is 0.0921. The highest BCUT2D eigenvalue weighted by Gasteiger charge is 2.50. The van der Waals surface area contributed by atoms with E-state index in [4.69, 9.17) is 28.4 Å². The molecular weight excluding hydrogens is 746 g/mol. The number of aromatic nitrogens is 4. The fourth-order valence-corrected chi connectivity index (χ4v) is 7.08. The molecule has 0 bridgehead atoms. The van der Waals surface area contributed by atoms with E-state index in [0.717, 1.165) is 16.7 Å². The number of anilines is 1. The summed E-state index contributed by atoms with van der Waals surface area (Å²) in [6, 6.07) is 33.5. The van der Waals surface area contributed by atoms with E-state index in [2.05, 4.69) is 20.3 Å². The first-order chi connectivity index (χ1) is 28.2. The van der Waals surface area contributed by atoms with Crippen molar-refractivity contribution in [3.63, 3.8) is 0 Å². The molecule has 15 nitrogen and oxygen atoms in total. The molecule has 298 valence electrons. The number of carboxylic acid groups (broad SMARTS) is 1. The van der Waals surface area contributed by atoms with Gasteiger partial charge in [0, 0.05) is 12.7 Å². The highest BCUT2D eigenvalue weighted by molar-refractivity contribution is 6.06. The largest absolute Gasteiger partial charge is 0.497 e. The molecule has 3 heterocycles. The average molecular weight is 788 g/mol. The Kier molecular flexibility index (Phi) is 12.0. The Morgan fingerprint density at radius 3 is 1.95 bits per heavy atom. The molecule has 15 heteroatoms. The Balaban J connectivity index is 1.27. The van der Waals surface area contributed by atoms with Crippen LogP contribution in [0.5, 0.6) is 11.5 Å². The number of carboxylic acids is 1. The number of rotatable bonds is 16. The highest BCUT2D eigenvalue weighted by atomic mass is 16.6. The molecule has 6 aromatic rings. The Hall–Kier alpha value is -6.68. The van der Waals surface area contributed by atoms with Crippen molar-refractivity contribution in [2.24, 2.45) is 0 Å². The lowest BCUT2D eigenvalue weighted by molar-refractivity contribution is -0.161. The van der Waals surface area contributed by atoms with Gasteiger partial charge in [-0.05, 0) is 53.1 Å². The number of ether oxygens (including phenoxy) is 6. The number of benzene rings is 4. The summed E-state index contributed by atoms with van der Waals surface area (Å²) in [5.41, 5.74) is 2.10. The van der Waals surface area contributed by atoms with E-state index < -0.39 is 54.4 Å². The maximum absolute atomic E-state index is 13.2. The fourth-order valence-electron chi connectivity index (χ4n) is 7.08. The SMILES string of the molecule is COc1ccc(C(OC[C@H]2O[C@@H](n3cnc4c(NC(=O)c5ccccc5)ncnc43)[C@H](OC(=O)CCC(=O)O)[C@@H]2OC)(c2ccccc2)c2ccc(OC)cc2)cc1. The van der Waals surface area contributed by atoms with Crippen LogP contribution >= 0.6 is 0 Å². The monoisotopic (exact) mass is 787 g/mol. The van der Waals surface area contributed by atoms with E-state index in [0.29, 0.717) is 17.1 Å². The maximum Gasteiger partial charge on any atom is 0.306 e. The Morgan fingerprint density at radius 1 is 0.759 bits per heavy atom. The van der Waals surface area contributed by atoms with Gasteiger partial charge in [-0.3, -0.25) is 19.0 Å². The molecule has 1 fully saturated rings. The van der Waals surface area contributed by atoms with Gasteiger partial charge < -0.3 is 38.8 Å². The zero-order valence-corrected chi connectivity index (χ0v) is 31.9. The van der Waals surface area contributed by atoms with Gasteiger partial charge >= 0.3 is 11.9 Å². The number of methoxy groups -OCH3 is 3. The molecule has 0 unspecified atom stereocenters. The minimum atomic E-state index is -1.21. The molecule has 58 heavy (non-hydrogen) atoms. The van der Waals surface area contributed by atoms with Crippen molar-refractivity contribution in [2.45, 2.75) is 43.0 Å². The summed E-state index contributed by atoms with van der Waals surface area (Å²) < 4.78 is 38.4. The van der Waals surface area contributed by atoms with E-state index in [1.54, 1.807) is 49.1 Å². The molecule has 1 aliphatic rings. The first-order valence-electron chi connectivity index (χ1n) is 18.4. The lowest BCUT2D eigenvalue weighted by Crippen LogP contribution is -2.41. The zero-order valence-electron chi connectivity index (χ0n) is 31.9. The maximum atomic E-state index is 13.2. The van der Waals surface area contributed by atoms with Crippen molar-refractivity contribution in [1.82, 2.24) is 19.5 Å². The molecule has 2 aromatic heterocycles. The van der Waals surface area contributed by atoms with Crippen LogP contribution in [0.1, 0.15) is 46.1 Å². The molecule has 4 aromatic carbocycles. The first kappa shape index (κ1) is 39.6. The molecule has 0 spiro atoms. The second kappa shape index (κ2) is 17.6. The number of imidazole rings is 1. The van der Waals surface area contributed by atoms with Crippen LogP contribution in [0.2, 0.25) is 0 Å². The van der Waals surface area contributed by atoms with Crippen LogP contribution in [0.4, 0.5) is 5.82 Å².